The van der Waals surface area contributed by atoms with Crippen molar-refractivity contribution in [3.63, 3.8) is 0 Å². The standard InChI is InChI=1S/C10H15NOS.C2H6/c1-11(2)8-9-4-6-10(7-5-9)13(3)12;1-2/h4-7,12H,3,8H2,1-2H3;1-2H3. The Bertz CT molecular complexity index is 293. The summed E-state index contributed by atoms with van der Waals surface area (Å²) in [5.74, 6) is 3.57. The van der Waals surface area contributed by atoms with Crippen molar-refractivity contribution in [1.82, 2.24) is 4.90 Å². The lowest BCUT2D eigenvalue weighted by atomic mass is 10.2. The third-order valence-corrected chi connectivity index (χ3v) is 2.51. The smallest absolute Gasteiger partial charge is 0.0264 e. The van der Waals surface area contributed by atoms with Gasteiger partial charge in [-0.05, 0) is 48.4 Å². The molecule has 0 aromatic heterocycles. The predicted octanol–water partition coefficient (Wildman–Crippen LogP) is 3.31. The second-order valence-electron chi connectivity index (χ2n) is 3.25. The van der Waals surface area contributed by atoms with Gasteiger partial charge in [0, 0.05) is 11.4 Å². The molecule has 1 unspecified atom stereocenters. The highest BCUT2D eigenvalue weighted by Gasteiger charge is 1.96. The molecular weight excluding hydrogens is 206 g/mol. The molecule has 0 radical (unpaired) electrons. The van der Waals surface area contributed by atoms with Crippen LogP contribution in [-0.2, 0) is 6.54 Å². The van der Waals surface area contributed by atoms with Crippen molar-refractivity contribution >= 4 is 16.6 Å². The molecule has 1 N–H and O–H groups in total. The molecular formula is C12H21NOS. The van der Waals surface area contributed by atoms with Gasteiger partial charge in [-0.2, -0.15) is 0 Å². The molecule has 0 fully saturated rings. The number of nitrogens with zero attached hydrogens (tertiary/aromatic N) is 1. The average molecular weight is 227 g/mol. The fourth-order valence-electron chi connectivity index (χ4n) is 1.12. The van der Waals surface area contributed by atoms with Gasteiger partial charge >= 0.3 is 0 Å². The van der Waals surface area contributed by atoms with Gasteiger partial charge in [-0.15, -0.1) is 0 Å². The molecule has 0 aliphatic carbocycles. The van der Waals surface area contributed by atoms with Crippen molar-refractivity contribution < 1.29 is 4.55 Å². The van der Waals surface area contributed by atoms with Crippen LogP contribution in [0.5, 0.6) is 0 Å². The molecule has 0 bridgehead atoms. The highest BCUT2D eigenvalue weighted by Crippen LogP contribution is 2.20. The molecule has 0 saturated heterocycles. The Balaban J connectivity index is 0.000000921. The maximum Gasteiger partial charge on any atom is 0.0264 e. The molecule has 0 amide bonds. The summed E-state index contributed by atoms with van der Waals surface area (Å²) in [6.45, 7) is 4.93. The van der Waals surface area contributed by atoms with Crippen LogP contribution in [0.15, 0.2) is 29.2 Å². The Morgan fingerprint density at radius 2 is 1.67 bits per heavy atom. The van der Waals surface area contributed by atoms with E-state index in [1.807, 2.05) is 52.2 Å². The second-order valence-corrected chi connectivity index (χ2v) is 4.45. The van der Waals surface area contributed by atoms with Crippen LogP contribution in [0.25, 0.3) is 0 Å². The first-order valence-corrected chi connectivity index (χ1v) is 6.41. The zero-order valence-corrected chi connectivity index (χ0v) is 10.8. The number of benzene rings is 1. The van der Waals surface area contributed by atoms with Crippen molar-refractivity contribution in [2.45, 2.75) is 25.3 Å². The van der Waals surface area contributed by atoms with E-state index in [2.05, 4.69) is 10.8 Å². The zero-order valence-electron chi connectivity index (χ0n) is 10.0. The lowest BCUT2D eigenvalue weighted by Crippen LogP contribution is -2.10. The van der Waals surface area contributed by atoms with Crippen LogP contribution >= 0.6 is 10.8 Å². The monoisotopic (exact) mass is 227 g/mol. The quantitative estimate of drug-likeness (QED) is 0.801. The maximum atomic E-state index is 9.20. The molecule has 3 heteroatoms. The summed E-state index contributed by atoms with van der Waals surface area (Å²) in [6.07, 6.45) is 0. The SMILES string of the molecule is C=S(O)c1ccc(CN(C)C)cc1.CC. The van der Waals surface area contributed by atoms with E-state index in [1.54, 1.807) is 0 Å². The second kappa shape index (κ2) is 7.63. The molecule has 86 valence electrons. The Hall–Kier alpha value is -0.640. The van der Waals surface area contributed by atoms with Crippen LogP contribution in [0, 0.1) is 0 Å². The van der Waals surface area contributed by atoms with Crippen LogP contribution < -0.4 is 0 Å². The lowest BCUT2D eigenvalue weighted by Gasteiger charge is -2.09. The minimum atomic E-state index is -0.864. The Morgan fingerprint density at radius 1 is 1.20 bits per heavy atom. The van der Waals surface area contributed by atoms with Gasteiger partial charge in [0.1, 0.15) is 0 Å². The molecule has 1 atom stereocenters. The minimum Gasteiger partial charge on any atom is -0.333 e. The van der Waals surface area contributed by atoms with Gasteiger partial charge in [-0.3, -0.25) is 0 Å². The fraction of sp³-hybridized carbons (Fsp3) is 0.417. The van der Waals surface area contributed by atoms with Gasteiger partial charge in [0.25, 0.3) is 0 Å². The third kappa shape index (κ3) is 5.72. The van der Waals surface area contributed by atoms with Crippen molar-refractivity contribution in [1.29, 1.82) is 0 Å². The fourth-order valence-corrected chi connectivity index (χ4v) is 1.57. The highest BCUT2D eigenvalue weighted by molar-refractivity contribution is 8.09. The van der Waals surface area contributed by atoms with E-state index in [-0.39, 0.29) is 0 Å². The van der Waals surface area contributed by atoms with E-state index >= 15 is 0 Å². The summed E-state index contributed by atoms with van der Waals surface area (Å²) in [4.78, 5) is 3.00. The molecule has 2 nitrogen and oxygen atoms in total. The summed E-state index contributed by atoms with van der Waals surface area (Å²) in [7, 11) is 3.20. The lowest BCUT2D eigenvalue weighted by molar-refractivity contribution is 0.402. The molecule has 0 saturated carbocycles. The van der Waals surface area contributed by atoms with Gasteiger partial charge in [0.05, 0.1) is 0 Å². The molecule has 0 aliphatic rings. The zero-order chi connectivity index (χ0) is 11.8. The Labute approximate surface area is 95.7 Å². The van der Waals surface area contributed by atoms with E-state index < -0.39 is 10.8 Å². The van der Waals surface area contributed by atoms with Crippen LogP contribution in [0.1, 0.15) is 19.4 Å². The normalized spacial score (nSPS) is 11.9. The molecule has 0 spiro atoms. The van der Waals surface area contributed by atoms with Crippen molar-refractivity contribution in [3.8, 4) is 0 Å². The first-order chi connectivity index (χ1) is 7.09. The molecule has 0 aliphatic heterocycles. The van der Waals surface area contributed by atoms with Crippen LogP contribution in [0.2, 0.25) is 0 Å². The molecule has 1 aromatic rings. The van der Waals surface area contributed by atoms with E-state index in [1.165, 1.54) is 5.56 Å². The Kier molecular flexibility index (Phi) is 7.30. The van der Waals surface area contributed by atoms with E-state index in [9.17, 15) is 4.55 Å². The summed E-state index contributed by atoms with van der Waals surface area (Å²) >= 11 is 0. The number of hydrogen-bond donors (Lipinski definition) is 1. The van der Waals surface area contributed by atoms with Gasteiger partial charge in [-0.1, -0.05) is 26.0 Å². The molecule has 1 rings (SSSR count). The van der Waals surface area contributed by atoms with Crippen molar-refractivity contribution in [2.24, 2.45) is 0 Å². The Morgan fingerprint density at radius 3 is 2.00 bits per heavy atom. The topological polar surface area (TPSA) is 23.5 Å². The van der Waals surface area contributed by atoms with Crippen molar-refractivity contribution in [2.75, 3.05) is 14.1 Å². The first-order valence-electron chi connectivity index (χ1n) is 5.06. The summed E-state index contributed by atoms with van der Waals surface area (Å²) in [6, 6.07) is 7.90. The van der Waals surface area contributed by atoms with Gasteiger partial charge in [0.2, 0.25) is 0 Å². The van der Waals surface area contributed by atoms with E-state index in [0.717, 1.165) is 11.4 Å². The summed E-state index contributed by atoms with van der Waals surface area (Å²) in [5, 5.41) is 0. The highest BCUT2D eigenvalue weighted by atomic mass is 32.2. The first kappa shape index (κ1) is 14.4. The van der Waals surface area contributed by atoms with E-state index in [4.69, 9.17) is 0 Å². The van der Waals surface area contributed by atoms with Crippen LogP contribution in [0.3, 0.4) is 0 Å². The van der Waals surface area contributed by atoms with Crippen LogP contribution in [0.4, 0.5) is 0 Å². The van der Waals surface area contributed by atoms with Crippen LogP contribution in [-0.4, -0.2) is 29.4 Å². The minimum absolute atomic E-state index is 0.864. The molecule has 15 heavy (non-hydrogen) atoms. The van der Waals surface area contributed by atoms with Gasteiger partial charge in [-0.25, -0.2) is 0 Å². The largest absolute Gasteiger partial charge is 0.333 e. The number of hydrogen-bond acceptors (Lipinski definition) is 2. The average Bonchev–Trinajstić information content (AvgIpc) is 2.20. The molecule has 1 aromatic carbocycles. The third-order valence-electron chi connectivity index (χ3n) is 1.69. The number of rotatable bonds is 3. The van der Waals surface area contributed by atoms with Gasteiger partial charge < -0.3 is 9.45 Å². The summed E-state index contributed by atoms with van der Waals surface area (Å²) < 4.78 is 9.20. The van der Waals surface area contributed by atoms with E-state index in [0.29, 0.717) is 0 Å². The van der Waals surface area contributed by atoms with Crippen molar-refractivity contribution in [3.05, 3.63) is 29.8 Å². The molecule has 0 heterocycles. The predicted molar refractivity (Wildman–Crippen MR) is 70.8 cm³/mol. The summed E-state index contributed by atoms with van der Waals surface area (Å²) in [5.41, 5.74) is 1.25. The maximum absolute atomic E-state index is 9.20. The van der Waals surface area contributed by atoms with Gasteiger partial charge in [0.15, 0.2) is 0 Å².